The lowest BCUT2D eigenvalue weighted by Crippen LogP contribution is -2.51. The molecule has 2 rings (SSSR count). The second kappa shape index (κ2) is 5.04. The molecular formula is C12H20N2O3. The molecule has 0 radical (unpaired) electrons. The molecule has 5 heteroatoms. The van der Waals surface area contributed by atoms with Crippen molar-refractivity contribution < 1.29 is 14.7 Å². The summed E-state index contributed by atoms with van der Waals surface area (Å²) in [4.78, 5) is 24.8. The van der Waals surface area contributed by atoms with E-state index in [1.54, 1.807) is 4.90 Å². The summed E-state index contributed by atoms with van der Waals surface area (Å²) in [7, 11) is 0. The topological polar surface area (TPSA) is 69.6 Å². The van der Waals surface area contributed by atoms with Crippen LogP contribution in [0, 0.1) is 11.8 Å². The molecule has 0 bridgehead atoms. The second-order valence-corrected chi connectivity index (χ2v) is 5.13. The predicted octanol–water partition coefficient (Wildman–Crippen LogP) is 0.308. The van der Waals surface area contributed by atoms with Crippen molar-refractivity contribution in [1.29, 1.82) is 0 Å². The Kier molecular flexibility index (Phi) is 3.66. The maximum absolute atomic E-state index is 12.3. The van der Waals surface area contributed by atoms with Gasteiger partial charge in [0.2, 0.25) is 5.91 Å². The van der Waals surface area contributed by atoms with Gasteiger partial charge in [-0.05, 0) is 31.8 Å². The van der Waals surface area contributed by atoms with Gasteiger partial charge in [0.15, 0.2) is 0 Å². The van der Waals surface area contributed by atoms with Crippen molar-refractivity contribution in [2.45, 2.75) is 32.2 Å². The van der Waals surface area contributed by atoms with Gasteiger partial charge < -0.3 is 15.3 Å². The number of amides is 1. The highest BCUT2D eigenvalue weighted by Gasteiger charge is 2.36. The normalized spacial score (nSPS) is 26.6. The van der Waals surface area contributed by atoms with Gasteiger partial charge in [-0.15, -0.1) is 0 Å². The van der Waals surface area contributed by atoms with Crippen molar-refractivity contribution >= 4 is 11.9 Å². The number of carbonyl (C=O) groups is 2. The molecule has 0 aromatic heterocycles. The van der Waals surface area contributed by atoms with Gasteiger partial charge in [0, 0.05) is 18.5 Å². The Morgan fingerprint density at radius 3 is 2.71 bits per heavy atom. The largest absolute Gasteiger partial charge is 0.481 e. The lowest BCUT2D eigenvalue weighted by Gasteiger charge is -2.35. The first-order valence-electron chi connectivity index (χ1n) is 6.32. The predicted molar refractivity (Wildman–Crippen MR) is 62.5 cm³/mol. The zero-order valence-electron chi connectivity index (χ0n) is 10.2. The Hall–Kier alpha value is -1.10. The van der Waals surface area contributed by atoms with Crippen molar-refractivity contribution in [1.82, 2.24) is 10.2 Å². The number of hydrogen-bond donors (Lipinski definition) is 2. The molecule has 2 aliphatic rings. The Morgan fingerprint density at radius 1 is 1.47 bits per heavy atom. The Balaban J connectivity index is 1.94. The third-order valence-corrected chi connectivity index (χ3v) is 3.98. The lowest BCUT2D eigenvalue weighted by molar-refractivity contribution is -0.142. The lowest BCUT2D eigenvalue weighted by atomic mass is 9.87. The van der Waals surface area contributed by atoms with Gasteiger partial charge in [-0.3, -0.25) is 9.59 Å². The Bertz CT molecular complexity index is 315. The van der Waals surface area contributed by atoms with Crippen LogP contribution < -0.4 is 5.32 Å². The molecule has 0 saturated carbocycles. The maximum atomic E-state index is 12.3. The highest BCUT2D eigenvalue weighted by molar-refractivity contribution is 5.80. The monoisotopic (exact) mass is 240 g/mol. The first kappa shape index (κ1) is 12.4. The smallest absolute Gasteiger partial charge is 0.305 e. The SMILES string of the molecule is CC(C(=O)N1CCCC1CC(=O)O)C1CNC1. The van der Waals surface area contributed by atoms with Crippen molar-refractivity contribution in [2.75, 3.05) is 19.6 Å². The molecule has 2 heterocycles. The van der Waals surface area contributed by atoms with E-state index in [0.29, 0.717) is 5.92 Å². The summed E-state index contributed by atoms with van der Waals surface area (Å²) in [5.41, 5.74) is 0. The fourth-order valence-corrected chi connectivity index (χ4v) is 2.67. The van der Waals surface area contributed by atoms with Gasteiger partial charge in [-0.1, -0.05) is 6.92 Å². The molecule has 2 atom stereocenters. The number of carbonyl (C=O) groups excluding carboxylic acids is 1. The number of likely N-dealkylation sites (tertiary alicyclic amines) is 1. The molecule has 2 aliphatic heterocycles. The summed E-state index contributed by atoms with van der Waals surface area (Å²) in [6.07, 6.45) is 1.84. The Labute approximate surface area is 101 Å². The number of carboxylic acids is 1. The second-order valence-electron chi connectivity index (χ2n) is 5.13. The Morgan fingerprint density at radius 2 is 2.18 bits per heavy atom. The van der Waals surface area contributed by atoms with E-state index < -0.39 is 5.97 Å². The molecule has 2 saturated heterocycles. The van der Waals surface area contributed by atoms with Gasteiger partial charge in [0.05, 0.1) is 6.42 Å². The number of rotatable bonds is 4. The fraction of sp³-hybridized carbons (Fsp3) is 0.833. The minimum atomic E-state index is -0.812. The quantitative estimate of drug-likeness (QED) is 0.742. The molecule has 2 unspecified atom stereocenters. The number of nitrogens with zero attached hydrogens (tertiary/aromatic N) is 1. The molecule has 96 valence electrons. The van der Waals surface area contributed by atoms with E-state index in [2.05, 4.69) is 5.32 Å². The first-order chi connectivity index (χ1) is 8.09. The van der Waals surface area contributed by atoms with Crippen LogP contribution in [-0.2, 0) is 9.59 Å². The molecule has 5 nitrogen and oxygen atoms in total. The van der Waals surface area contributed by atoms with Gasteiger partial charge in [-0.25, -0.2) is 0 Å². The van der Waals surface area contributed by atoms with E-state index in [0.717, 1.165) is 32.5 Å². The van der Waals surface area contributed by atoms with Gasteiger partial charge in [0.25, 0.3) is 0 Å². The number of carboxylic acid groups (broad SMARTS) is 1. The zero-order chi connectivity index (χ0) is 12.4. The standard InChI is InChI=1S/C12H20N2O3/c1-8(9-6-13-7-9)12(17)14-4-2-3-10(14)5-11(15)16/h8-10,13H,2-7H2,1H3,(H,15,16). The van der Waals surface area contributed by atoms with Crippen LogP contribution in [-0.4, -0.2) is 47.6 Å². The van der Waals surface area contributed by atoms with E-state index in [1.165, 1.54) is 0 Å². The molecule has 0 aromatic rings. The van der Waals surface area contributed by atoms with Crippen LogP contribution in [0.15, 0.2) is 0 Å². The molecular weight excluding hydrogens is 220 g/mol. The van der Waals surface area contributed by atoms with E-state index in [-0.39, 0.29) is 24.3 Å². The summed E-state index contributed by atoms with van der Waals surface area (Å²) >= 11 is 0. The maximum Gasteiger partial charge on any atom is 0.305 e. The number of hydrogen-bond acceptors (Lipinski definition) is 3. The molecule has 17 heavy (non-hydrogen) atoms. The van der Waals surface area contributed by atoms with Crippen LogP contribution in [0.1, 0.15) is 26.2 Å². The van der Waals surface area contributed by atoms with Crippen molar-refractivity contribution in [3.8, 4) is 0 Å². The summed E-state index contributed by atoms with van der Waals surface area (Å²) in [6, 6.07) is -0.0875. The van der Waals surface area contributed by atoms with Crippen molar-refractivity contribution in [3.05, 3.63) is 0 Å². The van der Waals surface area contributed by atoms with Gasteiger partial charge in [-0.2, -0.15) is 0 Å². The van der Waals surface area contributed by atoms with Crippen LogP contribution in [0.5, 0.6) is 0 Å². The molecule has 1 amide bonds. The molecule has 2 fully saturated rings. The molecule has 0 spiro atoms. The minimum absolute atomic E-state index is 0.0191. The summed E-state index contributed by atoms with van der Waals surface area (Å²) < 4.78 is 0. The molecule has 0 aromatic carbocycles. The van der Waals surface area contributed by atoms with E-state index in [4.69, 9.17) is 5.11 Å². The van der Waals surface area contributed by atoms with Gasteiger partial charge >= 0.3 is 5.97 Å². The van der Waals surface area contributed by atoms with Crippen LogP contribution in [0.25, 0.3) is 0 Å². The van der Waals surface area contributed by atoms with Crippen LogP contribution in [0.4, 0.5) is 0 Å². The highest BCUT2D eigenvalue weighted by atomic mass is 16.4. The highest BCUT2D eigenvalue weighted by Crippen LogP contribution is 2.26. The fourth-order valence-electron chi connectivity index (χ4n) is 2.67. The van der Waals surface area contributed by atoms with Crippen LogP contribution in [0.3, 0.4) is 0 Å². The number of nitrogens with one attached hydrogen (secondary N) is 1. The summed E-state index contributed by atoms with van der Waals surface area (Å²) in [5, 5.41) is 12.0. The van der Waals surface area contributed by atoms with E-state index in [1.807, 2.05) is 6.92 Å². The average Bonchev–Trinajstić information content (AvgIpc) is 2.60. The summed E-state index contributed by atoms with van der Waals surface area (Å²) in [6.45, 7) is 4.50. The summed E-state index contributed by atoms with van der Waals surface area (Å²) in [5.74, 6) is -0.230. The van der Waals surface area contributed by atoms with E-state index in [9.17, 15) is 9.59 Å². The third kappa shape index (κ3) is 2.60. The minimum Gasteiger partial charge on any atom is -0.481 e. The zero-order valence-corrected chi connectivity index (χ0v) is 10.2. The van der Waals surface area contributed by atoms with Crippen molar-refractivity contribution in [2.24, 2.45) is 11.8 Å². The van der Waals surface area contributed by atoms with Crippen LogP contribution in [0.2, 0.25) is 0 Å². The van der Waals surface area contributed by atoms with Crippen molar-refractivity contribution in [3.63, 3.8) is 0 Å². The third-order valence-electron chi connectivity index (χ3n) is 3.98. The average molecular weight is 240 g/mol. The van der Waals surface area contributed by atoms with Gasteiger partial charge in [0.1, 0.15) is 0 Å². The first-order valence-corrected chi connectivity index (χ1v) is 6.32. The molecule has 0 aliphatic carbocycles. The molecule has 2 N–H and O–H groups in total. The number of aliphatic carboxylic acids is 1. The van der Waals surface area contributed by atoms with Crippen LogP contribution >= 0.6 is 0 Å². The van der Waals surface area contributed by atoms with E-state index >= 15 is 0 Å².